The summed E-state index contributed by atoms with van der Waals surface area (Å²) in [4.78, 5) is 26.5. The number of aliphatic hydroxyl groups excluding tert-OH is 2. The molecule has 2 rings (SSSR count). The lowest BCUT2D eigenvalue weighted by molar-refractivity contribution is -0.0461. The third-order valence-corrected chi connectivity index (χ3v) is 6.14. The van der Waals surface area contributed by atoms with E-state index >= 15 is 0 Å². The first-order valence-corrected chi connectivity index (χ1v) is 12.4. The van der Waals surface area contributed by atoms with Crippen molar-refractivity contribution < 1.29 is 19.7 Å². The molecule has 0 spiro atoms. The van der Waals surface area contributed by atoms with Crippen LogP contribution in [-0.2, 0) is 16.1 Å². The number of hydrogen-bond acceptors (Lipinski definition) is 6. The zero-order valence-electron chi connectivity index (χ0n) is 19.6. The SMILES string of the molecule is CCCCCCCCCCCCCCOCc1cn([C@H]2C[C@H](O)[C@@H](CO)O2)c(=O)[nH]c1=O. The van der Waals surface area contributed by atoms with Crippen molar-refractivity contribution in [1.82, 2.24) is 9.55 Å². The van der Waals surface area contributed by atoms with Gasteiger partial charge in [0.2, 0.25) is 0 Å². The predicted molar refractivity (Wildman–Crippen MR) is 124 cm³/mol. The first-order valence-electron chi connectivity index (χ1n) is 12.4. The molecule has 0 bridgehead atoms. The highest BCUT2D eigenvalue weighted by molar-refractivity contribution is 5.04. The van der Waals surface area contributed by atoms with Crippen LogP contribution in [0.25, 0.3) is 0 Å². The van der Waals surface area contributed by atoms with Gasteiger partial charge in [0, 0.05) is 19.2 Å². The van der Waals surface area contributed by atoms with Crippen LogP contribution in [0.15, 0.2) is 15.8 Å². The topological polar surface area (TPSA) is 114 Å². The van der Waals surface area contributed by atoms with Crippen molar-refractivity contribution in [2.24, 2.45) is 0 Å². The normalized spacial score (nSPS) is 20.8. The lowest BCUT2D eigenvalue weighted by Gasteiger charge is -2.15. The van der Waals surface area contributed by atoms with E-state index in [2.05, 4.69) is 11.9 Å². The van der Waals surface area contributed by atoms with Crippen LogP contribution in [0.2, 0.25) is 0 Å². The largest absolute Gasteiger partial charge is 0.394 e. The van der Waals surface area contributed by atoms with E-state index in [0.29, 0.717) is 12.2 Å². The Bertz CT molecular complexity index is 747. The van der Waals surface area contributed by atoms with Crippen molar-refractivity contribution in [2.45, 2.75) is 115 Å². The number of H-pyrrole nitrogens is 1. The molecule has 1 aliphatic rings. The molecule has 3 N–H and O–H groups in total. The minimum atomic E-state index is -0.852. The first kappa shape index (κ1) is 26.8. The highest BCUT2D eigenvalue weighted by atomic mass is 16.5. The summed E-state index contributed by atoms with van der Waals surface area (Å²) < 4.78 is 12.4. The molecule has 1 aromatic heterocycles. The molecule has 184 valence electrons. The van der Waals surface area contributed by atoms with Gasteiger partial charge >= 0.3 is 5.69 Å². The van der Waals surface area contributed by atoms with Crippen molar-refractivity contribution in [3.63, 3.8) is 0 Å². The third kappa shape index (κ3) is 9.17. The van der Waals surface area contributed by atoms with E-state index < -0.39 is 29.7 Å². The number of rotatable bonds is 17. The average molecular weight is 455 g/mol. The van der Waals surface area contributed by atoms with Gasteiger partial charge in [-0.05, 0) is 6.42 Å². The van der Waals surface area contributed by atoms with Crippen LogP contribution in [0.5, 0.6) is 0 Å². The molecule has 0 saturated carbocycles. The van der Waals surface area contributed by atoms with E-state index in [1.165, 1.54) is 75.0 Å². The highest BCUT2D eigenvalue weighted by Gasteiger charge is 2.35. The molecule has 0 aliphatic carbocycles. The van der Waals surface area contributed by atoms with E-state index in [0.717, 1.165) is 12.8 Å². The molecule has 0 unspecified atom stereocenters. The summed E-state index contributed by atoms with van der Waals surface area (Å²) in [6.45, 7) is 2.61. The molecule has 1 aliphatic heterocycles. The molecule has 0 aromatic carbocycles. The molecule has 8 heteroatoms. The smallest absolute Gasteiger partial charge is 0.330 e. The summed E-state index contributed by atoms with van der Waals surface area (Å²) in [5.41, 5.74) is -0.734. The molecule has 8 nitrogen and oxygen atoms in total. The summed E-state index contributed by atoms with van der Waals surface area (Å²) >= 11 is 0. The van der Waals surface area contributed by atoms with E-state index in [1.54, 1.807) is 0 Å². The Balaban J connectivity index is 1.59. The molecule has 0 amide bonds. The Morgan fingerprint density at radius 2 is 1.62 bits per heavy atom. The minimum absolute atomic E-state index is 0.117. The standard InChI is InChI=1S/C24H42N2O6/c1-2-3-4-5-6-7-8-9-10-11-12-13-14-31-18-19-16-26(24(30)25-23(19)29)22-15-20(28)21(17-27)32-22/h16,20-22,27-28H,2-15,17-18H2,1H3,(H,25,29,30)/t20-,21+,22+/m0/s1. The van der Waals surface area contributed by atoms with Crippen LogP contribution in [0, 0.1) is 0 Å². The molecule has 3 atom stereocenters. The number of aliphatic hydroxyl groups is 2. The monoisotopic (exact) mass is 454 g/mol. The summed E-state index contributed by atoms with van der Waals surface area (Å²) in [6.07, 6.45) is 14.6. The van der Waals surface area contributed by atoms with E-state index in [-0.39, 0.29) is 19.6 Å². The zero-order chi connectivity index (χ0) is 23.2. The van der Waals surface area contributed by atoms with Gasteiger partial charge in [0.15, 0.2) is 0 Å². The number of aromatic nitrogens is 2. The number of unbranched alkanes of at least 4 members (excludes halogenated alkanes) is 11. The second kappa shape index (κ2) is 15.4. The number of ether oxygens (including phenoxy) is 2. The fraction of sp³-hybridized carbons (Fsp3) is 0.833. The number of nitrogens with one attached hydrogen (secondary N) is 1. The van der Waals surface area contributed by atoms with Crippen LogP contribution in [-0.4, -0.2) is 45.2 Å². The lowest BCUT2D eigenvalue weighted by atomic mass is 10.1. The van der Waals surface area contributed by atoms with Gasteiger partial charge in [-0.1, -0.05) is 77.6 Å². The second-order valence-electron chi connectivity index (χ2n) is 8.88. The Kier molecular flexibility index (Phi) is 12.9. The average Bonchev–Trinajstić information content (AvgIpc) is 3.15. The van der Waals surface area contributed by atoms with Gasteiger partial charge in [-0.15, -0.1) is 0 Å². The number of hydrogen-bond donors (Lipinski definition) is 3. The zero-order valence-corrected chi connectivity index (χ0v) is 19.6. The molecule has 32 heavy (non-hydrogen) atoms. The van der Waals surface area contributed by atoms with Crippen LogP contribution >= 0.6 is 0 Å². The maximum Gasteiger partial charge on any atom is 0.330 e. The molecular weight excluding hydrogens is 412 g/mol. The van der Waals surface area contributed by atoms with Crippen molar-refractivity contribution in [1.29, 1.82) is 0 Å². The van der Waals surface area contributed by atoms with Gasteiger partial charge in [0.05, 0.1) is 24.9 Å². The van der Waals surface area contributed by atoms with Crippen molar-refractivity contribution in [3.8, 4) is 0 Å². The van der Waals surface area contributed by atoms with Crippen LogP contribution < -0.4 is 11.2 Å². The van der Waals surface area contributed by atoms with Gasteiger partial charge in [-0.3, -0.25) is 14.3 Å². The molecule has 1 fully saturated rings. The highest BCUT2D eigenvalue weighted by Crippen LogP contribution is 2.27. The summed E-state index contributed by atoms with van der Waals surface area (Å²) in [7, 11) is 0. The number of aromatic amines is 1. The Morgan fingerprint density at radius 1 is 1.03 bits per heavy atom. The Labute approximate surface area is 191 Å². The number of nitrogens with zero attached hydrogens (tertiary/aromatic N) is 1. The fourth-order valence-electron chi connectivity index (χ4n) is 4.12. The van der Waals surface area contributed by atoms with Gasteiger partial charge < -0.3 is 19.7 Å². The van der Waals surface area contributed by atoms with Gasteiger partial charge in [0.1, 0.15) is 12.3 Å². The molecule has 0 radical (unpaired) electrons. The Hall–Kier alpha value is -1.48. The summed E-state index contributed by atoms with van der Waals surface area (Å²) in [6, 6.07) is 0. The van der Waals surface area contributed by atoms with Crippen molar-refractivity contribution >= 4 is 0 Å². The quantitative estimate of drug-likeness (QED) is 0.311. The maximum absolute atomic E-state index is 12.1. The summed E-state index contributed by atoms with van der Waals surface area (Å²) in [5, 5.41) is 19.1. The van der Waals surface area contributed by atoms with E-state index in [1.807, 2.05) is 0 Å². The molecule has 1 saturated heterocycles. The van der Waals surface area contributed by atoms with E-state index in [9.17, 15) is 19.8 Å². The molecule has 2 heterocycles. The molecule has 1 aromatic rings. The van der Waals surface area contributed by atoms with Crippen LogP contribution in [0.4, 0.5) is 0 Å². The Morgan fingerprint density at radius 3 is 2.19 bits per heavy atom. The molecular formula is C24H42N2O6. The van der Waals surface area contributed by atoms with Crippen LogP contribution in [0.1, 0.15) is 102 Å². The minimum Gasteiger partial charge on any atom is -0.394 e. The first-order chi connectivity index (χ1) is 15.6. The second-order valence-corrected chi connectivity index (χ2v) is 8.88. The predicted octanol–water partition coefficient (Wildman–Crippen LogP) is 3.40. The van der Waals surface area contributed by atoms with Gasteiger partial charge in [0.25, 0.3) is 5.56 Å². The summed E-state index contributed by atoms with van der Waals surface area (Å²) in [5.74, 6) is 0. The maximum atomic E-state index is 12.1. The third-order valence-electron chi connectivity index (χ3n) is 6.14. The van der Waals surface area contributed by atoms with E-state index in [4.69, 9.17) is 9.47 Å². The van der Waals surface area contributed by atoms with Crippen LogP contribution in [0.3, 0.4) is 0 Å². The van der Waals surface area contributed by atoms with Crippen molar-refractivity contribution in [3.05, 3.63) is 32.6 Å². The fourth-order valence-corrected chi connectivity index (χ4v) is 4.12. The lowest BCUT2D eigenvalue weighted by Crippen LogP contribution is -2.34. The van der Waals surface area contributed by atoms with Crippen molar-refractivity contribution in [2.75, 3.05) is 13.2 Å². The van der Waals surface area contributed by atoms with Gasteiger partial charge in [-0.2, -0.15) is 0 Å². The van der Waals surface area contributed by atoms with Gasteiger partial charge in [-0.25, -0.2) is 4.79 Å².